The minimum Gasteiger partial charge on any atom is -0.492 e. The van der Waals surface area contributed by atoms with Crippen molar-refractivity contribution in [2.24, 2.45) is 0 Å². The summed E-state index contributed by atoms with van der Waals surface area (Å²) in [5.41, 5.74) is 3.58. The Morgan fingerprint density at radius 1 is 1.21 bits per heavy atom. The predicted molar refractivity (Wildman–Crippen MR) is 76.4 cm³/mol. The van der Waals surface area contributed by atoms with E-state index in [0.29, 0.717) is 6.61 Å². The first-order valence-corrected chi connectivity index (χ1v) is 6.57. The fourth-order valence-electron chi connectivity index (χ4n) is 2.15. The van der Waals surface area contributed by atoms with Crippen LogP contribution in [-0.2, 0) is 13.1 Å². The van der Waals surface area contributed by atoms with Gasteiger partial charge in [-0.2, -0.15) is 5.10 Å². The van der Waals surface area contributed by atoms with E-state index in [4.69, 9.17) is 4.74 Å². The maximum absolute atomic E-state index is 5.70. The van der Waals surface area contributed by atoms with Crippen molar-refractivity contribution >= 4 is 0 Å². The average molecular weight is 259 g/mol. The second kappa shape index (κ2) is 6.38. The van der Waals surface area contributed by atoms with Crippen LogP contribution in [-0.4, -0.2) is 23.4 Å². The zero-order valence-corrected chi connectivity index (χ0v) is 11.8. The second-order valence-corrected chi connectivity index (χ2v) is 4.56. The first kappa shape index (κ1) is 13.6. The van der Waals surface area contributed by atoms with Crippen LogP contribution < -0.4 is 10.1 Å². The molecule has 1 aromatic heterocycles. The van der Waals surface area contributed by atoms with Gasteiger partial charge < -0.3 is 10.1 Å². The third-order valence-corrected chi connectivity index (χ3v) is 3.20. The molecule has 102 valence electrons. The Labute approximate surface area is 114 Å². The number of rotatable bonds is 6. The molecule has 2 rings (SSSR count). The topological polar surface area (TPSA) is 39.1 Å². The number of nitrogens with one attached hydrogen (secondary N) is 1. The van der Waals surface area contributed by atoms with E-state index < -0.39 is 0 Å². The van der Waals surface area contributed by atoms with Gasteiger partial charge in [0.15, 0.2) is 0 Å². The van der Waals surface area contributed by atoms with Gasteiger partial charge in [0.2, 0.25) is 0 Å². The SMILES string of the molecule is CNCc1c(C)nn(CCOc2ccccc2)c1C. The van der Waals surface area contributed by atoms with Crippen molar-refractivity contribution in [3.63, 3.8) is 0 Å². The molecule has 0 saturated heterocycles. The maximum atomic E-state index is 5.70. The smallest absolute Gasteiger partial charge is 0.119 e. The fourth-order valence-corrected chi connectivity index (χ4v) is 2.15. The molecule has 0 aliphatic carbocycles. The number of hydrogen-bond donors (Lipinski definition) is 1. The van der Waals surface area contributed by atoms with Crippen molar-refractivity contribution in [1.82, 2.24) is 15.1 Å². The molecule has 0 aliphatic heterocycles. The summed E-state index contributed by atoms with van der Waals surface area (Å²) in [7, 11) is 1.95. The van der Waals surface area contributed by atoms with Crippen molar-refractivity contribution < 1.29 is 4.74 Å². The molecule has 0 amide bonds. The Hall–Kier alpha value is -1.81. The maximum Gasteiger partial charge on any atom is 0.119 e. The Morgan fingerprint density at radius 3 is 2.63 bits per heavy atom. The van der Waals surface area contributed by atoms with Gasteiger partial charge in [0.1, 0.15) is 12.4 Å². The van der Waals surface area contributed by atoms with Crippen LogP contribution in [0.25, 0.3) is 0 Å². The highest BCUT2D eigenvalue weighted by molar-refractivity contribution is 5.24. The van der Waals surface area contributed by atoms with Gasteiger partial charge >= 0.3 is 0 Å². The Bertz CT molecular complexity index is 520. The van der Waals surface area contributed by atoms with Crippen molar-refractivity contribution in [3.8, 4) is 5.75 Å². The molecule has 2 aromatic rings. The van der Waals surface area contributed by atoms with Crippen LogP contribution in [0.4, 0.5) is 0 Å². The molecular weight excluding hydrogens is 238 g/mol. The molecule has 0 spiro atoms. The van der Waals surface area contributed by atoms with Gasteiger partial charge in [-0.05, 0) is 33.0 Å². The van der Waals surface area contributed by atoms with Gasteiger partial charge in [-0.25, -0.2) is 0 Å². The number of benzene rings is 1. The summed E-state index contributed by atoms with van der Waals surface area (Å²) in [5.74, 6) is 0.902. The minimum absolute atomic E-state index is 0.630. The Kier molecular flexibility index (Phi) is 4.58. The molecule has 4 nitrogen and oxygen atoms in total. The Morgan fingerprint density at radius 2 is 1.95 bits per heavy atom. The largest absolute Gasteiger partial charge is 0.492 e. The number of para-hydroxylation sites is 1. The summed E-state index contributed by atoms with van der Waals surface area (Å²) in [4.78, 5) is 0. The van der Waals surface area contributed by atoms with E-state index >= 15 is 0 Å². The third kappa shape index (κ3) is 3.35. The standard InChI is InChI=1S/C15H21N3O/c1-12-15(11-16-3)13(2)18(17-12)9-10-19-14-7-5-4-6-8-14/h4-8,16H,9-11H2,1-3H3. The number of ether oxygens (including phenoxy) is 1. The quantitative estimate of drug-likeness (QED) is 0.865. The van der Waals surface area contributed by atoms with Crippen molar-refractivity contribution in [2.45, 2.75) is 26.9 Å². The van der Waals surface area contributed by atoms with Gasteiger partial charge in [0, 0.05) is 17.8 Å². The molecule has 0 atom stereocenters. The van der Waals surface area contributed by atoms with Gasteiger partial charge in [0.25, 0.3) is 0 Å². The Balaban J connectivity index is 1.95. The highest BCUT2D eigenvalue weighted by Crippen LogP contribution is 2.13. The summed E-state index contributed by atoms with van der Waals surface area (Å²) >= 11 is 0. The molecule has 1 aromatic carbocycles. The summed E-state index contributed by atoms with van der Waals surface area (Å²) in [6, 6.07) is 9.87. The molecule has 0 saturated carbocycles. The van der Waals surface area contributed by atoms with Gasteiger partial charge in [-0.15, -0.1) is 0 Å². The lowest BCUT2D eigenvalue weighted by molar-refractivity contribution is 0.289. The van der Waals surface area contributed by atoms with E-state index in [1.165, 1.54) is 11.3 Å². The van der Waals surface area contributed by atoms with Crippen molar-refractivity contribution in [3.05, 3.63) is 47.3 Å². The van der Waals surface area contributed by atoms with Crippen molar-refractivity contribution in [1.29, 1.82) is 0 Å². The van der Waals surface area contributed by atoms with Crippen LogP contribution in [0.5, 0.6) is 5.75 Å². The van der Waals surface area contributed by atoms with Crippen LogP contribution in [0.3, 0.4) is 0 Å². The molecule has 0 fully saturated rings. The van der Waals surface area contributed by atoms with E-state index in [-0.39, 0.29) is 0 Å². The molecule has 0 radical (unpaired) electrons. The second-order valence-electron chi connectivity index (χ2n) is 4.56. The molecule has 0 unspecified atom stereocenters. The van der Waals surface area contributed by atoms with E-state index in [9.17, 15) is 0 Å². The molecule has 4 heteroatoms. The molecule has 0 bridgehead atoms. The number of aryl methyl sites for hydroxylation is 1. The lowest BCUT2D eigenvalue weighted by Gasteiger charge is -2.08. The average Bonchev–Trinajstić information content (AvgIpc) is 2.68. The van der Waals surface area contributed by atoms with Crippen LogP contribution in [0.15, 0.2) is 30.3 Å². The summed E-state index contributed by atoms with van der Waals surface area (Å²) in [5, 5.41) is 7.73. The van der Waals surface area contributed by atoms with Crippen molar-refractivity contribution in [2.75, 3.05) is 13.7 Å². The minimum atomic E-state index is 0.630. The van der Waals surface area contributed by atoms with E-state index in [0.717, 1.165) is 24.5 Å². The van der Waals surface area contributed by atoms with E-state index in [2.05, 4.69) is 17.3 Å². The number of nitrogens with zero attached hydrogens (tertiary/aromatic N) is 2. The normalized spacial score (nSPS) is 10.7. The monoisotopic (exact) mass is 259 g/mol. The molecule has 1 N–H and O–H groups in total. The molecule has 0 aliphatic rings. The highest BCUT2D eigenvalue weighted by atomic mass is 16.5. The molecule has 1 heterocycles. The van der Waals surface area contributed by atoms with Crippen LogP contribution in [0.2, 0.25) is 0 Å². The van der Waals surface area contributed by atoms with E-state index in [1.807, 2.05) is 49.0 Å². The summed E-state index contributed by atoms with van der Waals surface area (Å²) < 4.78 is 7.72. The lowest BCUT2D eigenvalue weighted by Crippen LogP contribution is -2.12. The summed E-state index contributed by atoms with van der Waals surface area (Å²) in [6.45, 7) is 6.41. The third-order valence-electron chi connectivity index (χ3n) is 3.20. The zero-order chi connectivity index (χ0) is 13.7. The first-order valence-electron chi connectivity index (χ1n) is 6.57. The van der Waals surface area contributed by atoms with Gasteiger partial charge in [-0.3, -0.25) is 4.68 Å². The molecule has 19 heavy (non-hydrogen) atoms. The summed E-state index contributed by atoms with van der Waals surface area (Å²) in [6.07, 6.45) is 0. The molecular formula is C15H21N3O. The predicted octanol–water partition coefficient (Wildman–Crippen LogP) is 2.30. The van der Waals surface area contributed by atoms with Gasteiger partial charge in [-0.1, -0.05) is 18.2 Å². The van der Waals surface area contributed by atoms with Gasteiger partial charge in [0.05, 0.1) is 12.2 Å². The van der Waals surface area contributed by atoms with Crippen LogP contribution in [0, 0.1) is 13.8 Å². The van der Waals surface area contributed by atoms with Crippen LogP contribution in [0.1, 0.15) is 17.0 Å². The zero-order valence-electron chi connectivity index (χ0n) is 11.8. The lowest BCUT2D eigenvalue weighted by atomic mass is 10.2. The first-order chi connectivity index (χ1) is 9.22. The highest BCUT2D eigenvalue weighted by Gasteiger charge is 2.10. The fraction of sp³-hybridized carbons (Fsp3) is 0.400. The number of hydrogen-bond acceptors (Lipinski definition) is 3. The van der Waals surface area contributed by atoms with Crippen LogP contribution >= 0.6 is 0 Å². The number of aromatic nitrogens is 2. The van der Waals surface area contributed by atoms with E-state index in [1.54, 1.807) is 0 Å².